The molecule has 1 aliphatic heterocycles. The number of benzene rings is 1. The number of ether oxygens (including phenoxy) is 1. The number of morpholine rings is 1. The Morgan fingerprint density at radius 1 is 1.27 bits per heavy atom. The number of carbonyl (C=O) groups excluding carboxylic acids is 1. The van der Waals surface area contributed by atoms with Crippen molar-refractivity contribution < 1.29 is 13.9 Å². The highest BCUT2D eigenvalue weighted by Gasteiger charge is 2.17. The Morgan fingerprint density at radius 3 is 2.50 bits per heavy atom. The van der Waals surface area contributed by atoms with Crippen LogP contribution in [-0.2, 0) is 16.0 Å². The number of nitrogens with zero attached hydrogens (tertiary/aromatic N) is 2. The number of amides is 1. The van der Waals surface area contributed by atoms with Crippen LogP contribution >= 0.6 is 0 Å². The van der Waals surface area contributed by atoms with Crippen LogP contribution in [0, 0.1) is 11.7 Å². The SMILES string of the molecule is NC(=O)C(CN=C(N)N1CCOCC1)Cc1ccc(F)cc1. The third-order valence-electron chi connectivity index (χ3n) is 3.61. The summed E-state index contributed by atoms with van der Waals surface area (Å²) in [6, 6.07) is 6.00. The standard InChI is InChI=1S/C15H21FN4O2/c16-13-3-1-11(2-4-13)9-12(14(17)21)10-19-15(18)20-5-7-22-8-6-20/h1-4,12H,5-10H2,(H2,17,21)(H2,18,19). The first kappa shape index (κ1) is 16.2. The number of rotatable bonds is 5. The molecule has 2 rings (SSSR count). The number of primary amides is 1. The van der Waals surface area contributed by atoms with Gasteiger partial charge in [0, 0.05) is 13.1 Å². The van der Waals surface area contributed by atoms with Crippen molar-refractivity contribution in [3.05, 3.63) is 35.6 Å². The van der Waals surface area contributed by atoms with E-state index in [9.17, 15) is 9.18 Å². The summed E-state index contributed by atoms with van der Waals surface area (Å²) in [5, 5.41) is 0. The van der Waals surface area contributed by atoms with Gasteiger partial charge in [0.1, 0.15) is 5.82 Å². The normalized spacial score (nSPS) is 17.3. The second kappa shape index (κ2) is 7.74. The number of carbonyl (C=O) groups is 1. The Balaban J connectivity index is 1.96. The van der Waals surface area contributed by atoms with Crippen LogP contribution in [-0.4, -0.2) is 49.6 Å². The van der Waals surface area contributed by atoms with Crippen LogP contribution in [0.1, 0.15) is 5.56 Å². The fraction of sp³-hybridized carbons (Fsp3) is 0.467. The van der Waals surface area contributed by atoms with Crippen LogP contribution in [0.2, 0.25) is 0 Å². The second-order valence-corrected chi connectivity index (χ2v) is 5.23. The number of hydrogen-bond acceptors (Lipinski definition) is 3. The summed E-state index contributed by atoms with van der Waals surface area (Å²) in [7, 11) is 0. The summed E-state index contributed by atoms with van der Waals surface area (Å²) in [6.45, 7) is 2.83. The quantitative estimate of drug-likeness (QED) is 0.596. The molecule has 0 radical (unpaired) electrons. The van der Waals surface area contributed by atoms with Gasteiger partial charge < -0.3 is 21.1 Å². The largest absolute Gasteiger partial charge is 0.378 e. The molecule has 1 atom stereocenters. The van der Waals surface area contributed by atoms with Crippen LogP contribution in [0.15, 0.2) is 29.3 Å². The van der Waals surface area contributed by atoms with E-state index < -0.39 is 11.8 Å². The van der Waals surface area contributed by atoms with Gasteiger partial charge in [0.15, 0.2) is 5.96 Å². The monoisotopic (exact) mass is 308 g/mol. The van der Waals surface area contributed by atoms with Gasteiger partial charge in [-0.05, 0) is 24.1 Å². The van der Waals surface area contributed by atoms with Gasteiger partial charge in [-0.1, -0.05) is 12.1 Å². The van der Waals surface area contributed by atoms with Crippen molar-refractivity contribution >= 4 is 11.9 Å². The van der Waals surface area contributed by atoms with E-state index in [1.807, 2.05) is 4.90 Å². The first-order chi connectivity index (χ1) is 10.6. The molecule has 0 saturated carbocycles. The van der Waals surface area contributed by atoms with Gasteiger partial charge >= 0.3 is 0 Å². The van der Waals surface area contributed by atoms with Crippen LogP contribution in [0.4, 0.5) is 4.39 Å². The molecule has 0 spiro atoms. The molecule has 1 heterocycles. The summed E-state index contributed by atoms with van der Waals surface area (Å²) >= 11 is 0. The Kier molecular flexibility index (Phi) is 5.71. The van der Waals surface area contributed by atoms with Crippen molar-refractivity contribution in [2.45, 2.75) is 6.42 Å². The van der Waals surface area contributed by atoms with Gasteiger partial charge in [-0.2, -0.15) is 0 Å². The molecule has 1 aliphatic rings. The van der Waals surface area contributed by atoms with E-state index in [0.717, 1.165) is 5.56 Å². The van der Waals surface area contributed by atoms with E-state index in [1.165, 1.54) is 12.1 Å². The molecule has 120 valence electrons. The predicted molar refractivity (Wildman–Crippen MR) is 81.7 cm³/mol. The summed E-state index contributed by atoms with van der Waals surface area (Å²) in [5.41, 5.74) is 12.2. The molecular formula is C15H21FN4O2. The van der Waals surface area contributed by atoms with E-state index >= 15 is 0 Å². The molecule has 6 nitrogen and oxygen atoms in total. The molecular weight excluding hydrogens is 287 g/mol. The van der Waals surface area contributed by atoms with Crippen molar-refractivity contribution in [1.29, 1.82) is 0 Å². The van der Waals surface area contributed by atoms with E-state index in [0.29, 0.717) is 38.7 Å². The van der Waals surface area contributed by atoms with E-state index in [1.54, 1.807) is 12.1 Å². The van der Waals surface area contributed by atoms with Crippen molar-refractivity contribution in [3.63, 3.8) is 0 Å². The molecule has 1 saturated heterocycles. The Hall–Kier alpha value is -2.15. The molecule has 22 heavy (non-hydrogen) atoms. The predicted octanol–water partition coefficient (Wildman–Crippen LogP) is 0.117. The molecule has 0 aromatic heterocycles. The van der Waals surface area contributed by atoms with Gasteiger partial charge in [0.25, 0.3) is 0 Å². The van der Waals surface area contributed by atoms with Crippen LogP contribution in [0.25, 0.3) is 0 Å². The van der Waals surface area contributed by atoms with Crippen molar-refractivity contribution in [1.82, 2.24) is 4.90 Å². The first-order valence-corrected chi connectivity index (χ1v) is 7.22. The lowest BCUT2D eigenvalue weighted by Crippen LogP contribution is -2.45. The lowest BCUT2D eigenvalue weighted by atomic mass is 9.99. The van der Waals surface area contributed by atoms with Gasteiger partial charge in [-0.15, -0.1) is 0 Å². The number of hydrogen-bond donors (Lipinski definition) is 2. The van der Waals surface area contributed by atoms with Gasteiger partial charge in [-0.3, -0.25) is 9.79 Å². The fourth-order valence-corrected chi connectivity index (χ4v) is 2.26. The zero-order chi connectivity index (χ0) is 15.9. The number of halogens is 1. The Bertz CT molecular complexity index is 527. The van der Waals surface area contributed by atoms with Crippen LogP contribution in [0.3, 0.4) is 0 Å². The highest BCUT2D eigenvalue weighted by molar-refractivity contribution is 5.80. The maximum atomic E-state index is 12.9. The number of aliphatic imine (C=N–C) groups is 1. The summed E-state index contributed by atoms with van der Waals surface area (Å²) < 4.78 is 18.1. The third-order valence-corrected chi connectivity index (χ3v) is 3.61. The maximum absolute atomic E-state index is 12.9. The van der Waals surface area contributed by atoms with Crippen molar-refractivity contribution in [2.24, 2.45) is 22.4 Å². The lowest BCUT2D eigenvalue weighted by Gasteiger charge is -2.27. The molecule has 1 aromatic carbocycles. The zero-order valence-corrected chi connectivity index (χ0v) is 12.4. The molecule has 1 fully saturated rings. The summed E-state index contributed by atoms with van der Waals surface area (Å²) in [4.78, 5) is 17.8. The minimum absolute atomic E-state index is 0.218. The molecule has 1 aromatic rings. The lowest BCUT2D eigenvalue weighted by molar-refractivity contribution is -0.121. The van der Waals surface area contributed by atoms with E-state index in [4.69, 9.17) is 16.2 Å². The first-order valence-electron chi connectivity index (χ1n) is 7.22. The highest BCUT2D eigenvalue weighted by Crippen LogP contribution is 2.11. The van der Waals surface area contributed by atoms with Crippen molar-refractivity contribution in [3.8, 4) is 0 Å². The third kappa shape index (κ3) is 4.70. The Morgan fingerprint density at radius 2 is 1.91 bits per heavy atom. The van der Waals surface area contributed by atoms with Crippen molar-refractivity contribution in [2.75, 3.05) is 32.8 Å². The van der Waals surface area contributed by atoms with Gasteiger partial charge in [0.2, 0.25) is 5.91 Å². The number of guanidine groups is 1. The second-order valence-electron chi connectivity index (χ2n) is 5.23. The van der Waals surface area contributed by atoms with Gasteiger partial charge in [-0.25, -0.2) is 4.39 Å². The molecule has 0 aliphatic carbocycles. The summed E-state index contributed by atoms with van der Waals surface area (Å²) in [6.07, 6.45) is 0.412. The minimum atomic E-state index is -0.468. The smallest absolute Gasteiger partial charge is 0.222 e. The molecule has 0 bridgehead atoms. The number of nitrogens with two attached hydrogens (primary N) is 2. The van der Waals surface area contributed by atoms with Crippen LogP contribution < -0.4 is 11.5 Å². The summed E-state index contributed by atoms with van der Waals surface area (Å²) in [5.74, 6) is -0.824. The van der Waals surface area contributed by atoms with E-state index in [2.05, 4.69) is 4.99 Å². The molecule has 1 unspecified atom stereocenters. The zero-order valence-electron chi connectivity index (χ0n) is 12.4. The van der Waals surface area contributed by atoms with Gasteiger partial charge in [0.05, 0.1) is 25.7 Å². The highest BCUT2D eigenvalue weighted by atomic mass is 19.1. The van der Waals surface area contributed by atoms with Crippen LogP contribution in [0.5, 0.6) is 0 Å². The fourth-order valence-electron chi connectivity index (χ4n) is 2.26. The molecule has 4 N–H and O–H groups in total. The average molecular weight is 308 g/mol. The van der Waals surface area contributed by atoms with E-state index in [-0.39, 0.29) is 12.4 Å². The minimum Gasteiger partial charge on any atom is -0.378 e. The topological polar surface area (TPSA) is 93.9 Å². The maximum Gasteiger partial charge on any atom is 0.222 e. The molecule has 7 heteroatoms. The molecule has 1 amide bonds. The average Bonchev–Trinajstić information content (AvgIpc) is 2.53. The Labute approximate surface area is 128 Å².